The predicted octanol–water partition coefficient (Wildman–Crippen LogP) is -0.492. The van der Waals surface area contributed by atoms with Gasteiger partial charge in [0, 0.05) is 20.2 Å². The summed E-state index contributed by atoms with van der Waals surface area (Å²) in [6.45, 7) is 0.792. The van der Waals surface area contributed by atoms with Gasteiger partial charge >= 0.3 is 10.3 Å². The molecule has 1 aliphatic heterocycles. The molecule has 2 rings (SSSR count). The average Bonchev–Trinajstić information content (AvgIpc) is 2.38. The third kappa shape index (κ3) is 3.52. The van der Waals surface area contributed by atoms with Crippen molar-refractivity contribution in [3.63, 3.8) is 0 Å². The number of piperazine rings is 1. The summed E-state index contributed by atoms with van der Waals surface area (Å²) in [5.41, 5.74) is -0.888. The van der Waals surface area contributed by atoms with E-state index in [0.717, 1.165) is 4.31 Å². The van der Waals surface area contributed by atoms with E-state index in [-0.39, 0.29) is 19.7 Å². The lowest BCUT2D eigenvalue weighted by molar-refractivity contribution is 0.177. The van der Waals surface area contributed by atoms with Crippen LogP contribution in [0.1, 0.15) is 5.82 Å². The molecule has 1 N–H and O–H groups in total. The molecule has 1 atom stereocenters. The van der Waals surface area contributed by atoms with Crippen LogP contribution in [0.25, 0.3) is 0 Å². The number of anilines is 1. The minimum Gasteiger partial charge on any atom is -0.377 e. The molecule has 0 aromatic carbocycles. The van der Waals surface area contributed by atoms with Crippen molar-refractivity contribution in [1.29, 1.82) is 0 Å². The predicted molar refractivity (Wildman–Crippen MR) is 70.6 cm³/mol. The quantitative estimate of drug-likeness (QED) is 0.449. The maximum atomic E-state index is 11.1. The van der Waals surface area contributed by atoms with Gasteiger partial charge in [-0.25, -0.2) is 9.97 Å². The summed E-state index contributed by atoms with van der Waals surface area (Å²) in [5, 5.41) is 0. The summed E-state index contributed by atoms with van der Waals surface area (Å²) in [5.74, 6) is 0.869. The highest BCUT2D eigenvalue weighted by atomic mass is 35.5. The molecule has 0 radical (unpaired) electrons. The Labute approximate surface area is 121 Å². The highest BCUT2D eigenvalue weighted by molar-refractivity contribution is 7.83. The van der Waals surface area contributed by atoms with Crippen LogP contribution in [-0.2, 0) is 21.6 Å². The molecule has 1 fully saturated rings. The van der Waals surface area contributed by atoms with Crippen LogP contribution in [0.5, 0.6) is 0 Å². The van der Waals surface area contributed by atoms with Crippen molar-refractivity contribution in [2.45, 2.75) is 12.1 Å². The van der Waals surface area contributed by atoms with Crippen molar-refractivity contribution < 1.29 is 17.7 Å². The Bertz CT molecular complexity index is 571. The van der Waals surface area contributed by atoms with Gasteiger partial charge in [-0.3, -0.25) is 4.55 Å². The molecule has 1 aromatic heterocycles. The summed E-state index contributed by atoms with van der Waals surface area (Å²) in [6, 6.07) is 0. The van der Waals surface area contributed by atoms with Crippen LogP contribution in [0.15, 0.2) is 6.33 Å². The van der Waals surface area contributed by atoms with Crippen molar-refractivity contribution in [2.24, 2.45) is 0 Å². The first-order chi connectivity index (χ1) is 9.41. The number of alkyl halides is 1. The topological polar surface area (TPSA) is 109 Å². The van der Waals surface area contributed by atoms with Crippen LogP contribution in [0, 0.1) is 0 Å². The van der Waals surface area contributed by atoms with E-state index < -0.39 is 15.8 Å². The third-order valence-corrected chi connectivity index (χ3v) is 4.25. The zero-order chi connectivity index (χ0) is 14.8. The maximum Gasteiger partial charge on any atom is 0.337 e. The van der Waals surface area contributed by atoms with E-state index in [1.54, 1.807) is 4.90 Å². The van der Waals surface area contributed by atoms with Crippen LogP contribution in [-0.4, -0.2) is 64.5 Å². The number of nitrogens with zero attached hydrogens (tertiary/aromatic N) is 5. The van der Waals surface area contributed by atoms with Crippen molar-refractivity contribution in [3.8, 4) is 0 Å². The molecule has 0 amide bonds. The smallest absolute Gasteiger partial charge is 0.337 e. The first kappa shape index (κ1) is 15.3. The third-order valence-electron chi connectivity index (χ3n) is 2.74. The number of hydrogen-bond acceptors (Lipinski definition) is 7. The molecule has 1 saturated heterocycles. The normalized spacial score (nSPS) is 21.1. The first-order valence-corrected chi connectivity index (χ1v) is 7.55. The lowest BCUT2D eigenvalue weighted by atomic mass is 10.4. The van der Waals surface area contributed by atoms with E-state index in [1.807, 2.05) is 0 Å². The van der Waals surface area contributed by atoms with Crippen LogP contribution in [0.2, 0.25) is 0 Å². The van der Waals surface area contributed by atoms with Gasteiger partial charge < -0.3 is 9.64 Å². The molecule has 0 spiro atoms. The minimum absolute atomic E-state index is 0.0539. The lowest BCUT2D eigenvalue weighted by Crippen LogP contribution is -2.53. The standard InChI is InChI=1S/C9H14ClN5O4S/c1-19-5-8-11-6-12-9(13-8)14-2-3-15(7(10)4-14)20(16,17)18/h6-7H,2-5H2,1H3,(H,16,17,18). The second kappa shape index (κ2) is 6.14. The molecular weight excluding hydrogens is 310 g/mol. The molecule has 1 unspecified atom stereocenters. The maximum absolute atomic E-state index is 11.1. The fourth-order valence-corrected chi connectivity index (χ4v) is 3.07. The summed E-state index contributed by atoms with van der Waals surface area (Å²) < 4.78 is 37.0. The molecular formula is C9H14ClN5O4S. The fourth-order valence-electron chi connectivity index (χ4n) is 1.84. The first-order valence-electron chi connectivity index (χ1n) is 5.72. The van der Waals surface area contributed by atoms with Gasteiger partial charge in [-0.15, -0.1) is 11.6 Å². The Morgan fingerprint density at radius 3 is 2.85 bits per heavy atom. The minimum atomic E-state index is -4.30. The lowest BCUT2D eigenvalue weighted by Gasteiger charge is -2.35. The number of ether oxygens (including phenoxy) is 1. The number of methoxy groups -OCH3 is 1. The van der Waals surface area contributed by atoms with Gasteiger partial charge in [0.25, 0.3) is 0 Å². The number of halogens is 1. The highest BCUT2D eigenvalue weighted by Gasteiger charge is 2.33. The van der Waals surface area contributed by atoms with E-state index in [1.165, 1.54) is 13.4 Å². The fraction of sp³-hybridized carbons (Fsp3) is 0.667. The van der Waals surface area contributed by atoms with E-state index in [9.17, 15) is 8.42 Å². The van der Waals surface area contributed by atoms with Gasteiger partial charge in [0.1, 0.15) is 18.4 Å². The molecule has 1 aromatic rings. The van der Waals surface area contributed by atoms with Gasteiger partial charge in [0.15, 0.2) is 5.82 Å². The largest absolute Gasteiger partial charge is 0.377 e. The summed E-state index contributed by atoms with van der Waals surface area (Å²) >= 11 is 5.96. The zero-order valence-corrected chi connectivity index (χ0v) is 12.2. The highest BCUT2D eigenvalue weighted by Crippen LogP contribution is 2.19. The monoisotopic (exact) mass is 323 g/mol. The van der Waals surface area contributed by atoms with Gasteiger partial charge in [-0.1, -0.05) is 0 Å². The van der Waals surface area contributed by atoms with Crippen LogP contribution in [0.4, 0.5) is 5.95 Å². The Balaban J connectivity index is 2.11. The van der Waals surface area contributed by atoms with Gasteiger partial charge in [-0.05, 0) is 0 Å². The van der Waals surface area contributed by atoms with E-state index in [2.05, 4.69) is 15.0 Å². The number of hydrogen-bond donors (Lipinski definition) is 1. The SMILES string of the molecule is COCc1ncnc(N2CCN(S(=O)(=O)O)C(Cl)C2)n1. The van der Waals surface area contributed by atoms with Gasteiger partial charge in [0.05, 0.1) is 6.54 Å². The molecule has 11 heteroatoms. The second-order valence-electron chi connectivity index (χ2n) is 4.10. The molecule has 0 aliphatic carbocycles. The van der Waals surface area contributed by atoms with Gasteiger partial charge in [0.2, 0.25) is 5.95 Å². The summed E-state index contributed by atoms with van der Waals surface area (Å²) in [6.07, 6.45) is 1.36. The molecule has 0 bridgehead atoms. The molecule has 0 saturated carbocycles. The Morgan fingerprint density at radius 2 is 2.25 bits per heavy atom. The van der Waals surface area contributed by atoms with Crippen molar-refractivity contribution >= 4 is 27.9 Å². The molecule has 2 heterocycles. The van der Waals surface area contributed by atoms with Crippen LogP contribution >= 0.6 is 11.6 Å². The average molecular weight is 324 g/mol. The van der Waals surface area contributed by atoms with E-state index in [0.29, 0.717) is 18.3 Å². The van der Waals surface area contributed by atoms with Crippen LogP contribution < -0.4 is 4.90 Å². The Morgan fingerprint density at radius 1 is 1.50 bits per heavy atom. The summed E-state index contributed by atoms with van der Waals surface area (Å²) in [7, 11) is -2.77. The van der Waals surface area contributed by atoms with E-state index in [4.69, 9.17) is 20.9 Å². The van der Waals surface area contributed by atoms with Gasteiger partial charge in [-0.2, -0.15) is 17.7 Å². The van der Waals surface area contributed by atoms with Crippen molar-refractivity contribution in [1.82, 2.24) is 19.3 Å². The van der Waals surface area contributed by atoms with Crippen molar-refractivity contribution in [3.05, 3.63) is 12.2 Å². The Kier molecular flexibility index (Phi) is 4.70. The molecule has 20 heavy (non-hydrogen) atoms. The van der Waals surface area contributed by atoms with E-state index >= 15 is 0 Å². The van der Waals surface area contributed by atoms with Crippen molar-refractivity contribution in [2.75, 3.05) is 31.6 Å². The number of rotatable bonds is 4. The number of aromatic nitrogens is 3. The zero-order valence-electron chi connectivity index (χ0n) is 10.7. The molecule has 112 valence electrons. The Hall–Kier alpha value is -1.07. The molecule has 1 aliphatic rings. The second-order valence-corrected chi connectivity index (χ2v) is 5.97. The summed E-state index contributed by atoms with van der Waals surface area (Å²) in [4.78, 5) is 13.9. The molecule has 9 nitrogen and oxygen atoms in total. The van der Waals surface area contributed by atoms with Crippen LogP contribution in [0.3, 0.4) is 0 Å².